The number of aliphatic carboxylic acids is 1. The molecule has 4 N–H and O–H groups in total. The van der Waals surface area contributed by atoms with E-state index in [1.54, 1.807) is 0 Å². The van der Waals surface area contributed by atoms with Crippen molar-refractivity contribution in [1.82, 2.24) is 5.32 Å². The number of carbonyl (C=O) groups excluding carboxylic acids is 1. The van der Waals surface area contributed by atoms with Crippen LogP contribution in [0, 0.1) is 5.92 Å². The van der Waals surface area contributed by atoms with Crippen molar-refractivity contribution in [3.05, 3.63) is 35.9 Å². The van der Waals surface area contributed by atoms with Gasteiger partial charge in [-0.3, -0.25) is 9.59 Å². The van der Waals surface area contributed by atoms with E-state index in [-0.39, 0.29) is 11.9 Å². The van der Waals surface area contributed by atoms with Crippen LogP contribution in [0.3, 0.4) is 0 Å². The summed E-state index contributed by atoms with van der Waals surface area (Å²) in [4.78, 5) is 23.4. The Labute approximate surface area is 124 Å². The first-order valence-corrected chi connectivity index (χ1v) is 7.40. The average molecular weight is 290 g/mol. The molecule has 0 bridgehead atoms. The smallest absolute Gasteiger partial charge is 0.308 e. The lowest BCUT2D eigenvalue weighted by Crippen LogP contribution is -2.51. The molecule has 1 aliphatic carbocycles. The zero-order chi connectivity index (χ0) is 15.2. The zero-order valence-electron chi connectivity index (χ0n) is 12.0. The predicted octanol–water partition coefficient (Wildman–Crippen LogP) is 1.32. The van der Waals surface area contributed by atoms with Gasteiger partial charge in [-0.25, -0.2) is 0 Å². The summed E-state index contributed by atoms with van der Waals surface area (Å²) in [6, 6.07) is 8.62. The van der Waals surface area contributed by atoms with Crippen molar-refractivity contribution in [3.8, 4) is 0 Å². The van der Waals surface area contributed by atoms with Gasteiger partial charge in [0.15, 0.2) is 0 Å². The Kier molecular flexibility index (Phi) is 5.33. The van der Waals surface area contributed by atoms with E-state index in [0.717, 1.165) is 18.4 Å². The molecule has 0 heterocycles. The minimum atomic E-state index is -0.836. The van der Waals surface area contributed by atoms with Gasteiger partial charge in [-0.2, -0.15) is 0 Å². The standard InChI is InChI=1S/C16H22N2O3/c17-13(10-11-6-2-1-3-7-11)15(19)18-14-9-5-4-8-12(14)16(20)21/h1-3,6-7,12-14H,4-5,8-10,17H2,(H,18,19)(H,20,21)/t12?,13-,14?/m1/s1. The summed E-state index contributed by atoms with van der Waals surface area (Å²) in [5, 5.41) is 12.0. The van der Waals surface area contributed by atoms with Gasteiger partial charge in [0.1, 0.15) is 0 Å². The number of hydrogen-bond donors (Lipinski definition) is 3. The highest BCUT2D eigenvalue weighted by Gasteiger charge is 2.32. The molecule has 0 radical (unpaired) electrons. The van der Waals surface area contributed by atoms with Crippen LogP contribution in [0.4, 0.5) is 0 Å². The fourth-order valence-electron chi connectivity index (χ4n) is 2.85. The number of nitrogens with one attached hydrogen (secondary N) is 1. The second-order valence-electron chi connectivity index (χ2n) is 5.64. The summed E-state index contributed by atoms with van der Waals surface area (Å²) in [7, 11) is 0. The van der Waals surface area contributed by atoms with Gasteiger partial charge in [0, 0.05) is 6.04 Å². The molecule has 3 atom stereocenters. The minimum absolute atomic E-state index is 0.267. The Morgan fingerprint density at radius 2 is 1.90 bits per heavy atom. The van der Waals surface area contributed by atoms with Crippen molar-refractivity contribution >= 4 is 11.9 Å². The maximum absolute atomic E-state index is 12.2. The molecular formula is C16H22N2O3. The van der Waals surface area contributed by atoms with E-state index in [0.29, 0.717) is 19.3 Å². The Bertz CT molecular complexity index is 490. The Morgan fingerprint density at radius 3 is 2.57 bits per heavy atom. The molecule has 2 rings (SSSR count). The third kappa shape index (κ3) is 4.29. The van der Waals surface area contributed by atoms with E-state index in [9.17, 15) is 14.7 Å². The summed E-state index contributed by atoms with van der Waals surface area (Å²) in [5.41, 5.74) is 6.93. The van der Waals surface area contributed by atoms with Gasteiger partial charge in [-0.1, -0.05) is 43.2 Å². The summed E-state index contributed by atoms with van der Waals surface area (Å²) in [6.07, 6.45) is 3.63. The van der Waals surface area contributed by atoms with Crippen LogP contribution in [0.2, 0.25) is 0 Å². The molecule has 5 heteroatoms. The fourth-order valence-corrected chi connectivity index (χ4v) is 2.85. The molecule has 1 aromatic carbocycles. The van der Waals surface area contributed by atoms with E-state index in [4.69, 9.17) is 5.73 Å². The van der Waals surface area contributed by atoms with Gasteiger partial charge in [-0.15, -0.1) is 0 Å². The van der Waals surface area contributed by atoms with Crippen molar-refractivity contribution < 1.29 is 14.7 Å². The number of hydrogen-bond acceptors (Lipinski definition) is 3. The third-order valence-corrected chi connectivity index (χ3v) is 4.05. The Hall–Kier alpha value is -1.88. The van der Waals surface area contributed by atoms with Crippen LogP contribution >= 0.6 is 0 Å². The molecule has 114 valence electrons. The number of carboxylic acid groups (broad SMARTS) is 1. The molecule has 0 aliphatic heterocycles. The molecule has 0 saturated heterocycles. The van der Waals surface area contributed by atoms with Crippen LogP contribution in [-0.2, 0) is 16.0 Å². The topological polar surface area (TPSA) is 92.4 Å². The van der Waals surface area contributed by atoms with Gasteiger partial charge in [-0.05, 0) is 24.8 Å². The lowest BCUT2D eigenvalue weighted by molar-refractivity contribution is -0.144. The SMILES string of the molecule is N[C@H](Cc1ccccc1)C(=O)NC1CCCCC1C(=O)O. The number of benzene rings is 1. The lowest BCUT2D eigenvalue weighted by atomic mass is 9.84. The van der Waals surface area contributed by atoms with Crippen molar-refractivity contribution in [2.24, 2.45) is 11.7 Å². The van der Waals surface area contributed by atoms with Gasteiger partial charge >= 0.3 is 5.97 Å². The molecule has 1 amide bonds. The van der Waals surface area contributed by atoms with Crippen LogP contribution in [0.1, 0.15) is 31.2 Å². The van der Waals surface area contributed by atoms with Crippen molar-refractivity contribution in [3.63, 3.8) is 0 Å². The van der Waals surface area contributed by atoms with Crippen molar-refractivity contribution in [2.75, 3.05) is 0 Å². The van der Waals surface area contributed by atoms with E-state index in [1.165, 1.54) is 0 Å². The number of nitrogens with two attached hydrogens (primary N) is 1. The van der Waals surface area contributed by atoms with E-state index >= 15 is 0 Å². The highest BCUT2D eigenvalue weighted by molar-refractivity contribution is 5.83. The summed E-state index contributed by atoms with van der Waals surface area (Å²) >= 11 is 0. The van der Waals surface area contributed by atoms with Gasteiger partial charge in [0.25, 0.3) is 0 Å². The quantitative estimate of drug-likeness (QED) is 0.762. The number of rotatable bonds is 5. The van der Waals surface area contributed by atoms with Crippen LogP contribution in [0.15, 0.2) is 30.3 Å². The average Bonchev–Trinajstić information content (AvgIpc) is 2.48. The van der Waals surface area contributed by atoms with Crippen molar-refractivity contribution in [1.29, 1.82) is 0 Å². The van der Waals surface area contributed by atoms with Gasteiger partial charge in [0.05, 0.1) is 12.0 Å². The summed E-state index contributed by atoms with van der Waals surface area (Å²) in [6.45, 7) is 0. The molecule has 1 aromatic rings. The van der Waals surface area contributed by atoms with Crippen LogP contribution in [-0.4, -0.2) is 29.1 Å². The molecular weight excluding hydrogens is 268 g/mol. The van der Waals surface area contributed by atoms with E-state index in [2.05, 4.69) is 5.32 Å². The fraction of sp³-hybridized carbons (Fsp3) is 0.500. The largest absolute Gasteiger partial charge is 0.481 e. The molecule has 0 spiro atoms. The maximum Gasteiger partial charge on any atom is 0.308 e. The van der Waals surface area contributed by atoms with Crippen molar-refractivity contribution in [2.45, 2.75) is 44.2 Å². The normalized spacial score (nSPS) is 23.3. The van der Waals surface area contributed by atoms with E-state index in [1.807, 2.05) is 30.3 Å². The molecule has 21 heavy (non-hydrogen) atoms. The number of carbonyl (C=O) groups is 2. The molecule has 1 saturated carbocycles. The number of amides is 1. The molecule has 2 unspecified atom stereocenters. The highest BCUT2D eigenvalue weighted by atomic mass is 16.4. The highest BCUT2D eigenvalue weighted by Crippen LogP contribution is 2.24. The van der Waals surface area contributed by atoms with E-state index < -0.39 is 17.9 Å². The minimum Gasteiger partial charge on any atom is -0.481 e. The molecule has 1 fully saturated rings. The second-order valence-corrected chi connectivity index (χ2v) is 5.64. The van der Waals surface area contributed by atoms with Crippen LogP contribution in [0.25, 0.3) is 0 Å². The molecule has 5 nitrogen and oxygen atoms in total. The Balaban J connectivity index is 1.91. The van der Waals surface area contributed by atoms with Gasteiger partial charge < -0.3 is 16.2 Å². The summed E-state index contributed by atoms with van der Waals surface area (Å²) < 4.78 is 0. The maximum atomic E-state index is 12.2. The molecule has 0 aromatic heterocycles. The van der Waals surface area contributed by atoms with Gasteiger partial charge in [0.2, 0.25) is 5.91 Å². The Morgan fingerprint density at radius 1 is 1.24 bits per heavy atom. The number of carboxylic acids is 1. The lowest BCUT2D eigenvalue weighted by Gasteiger charge is -2.30. The monoisotopic (exact) mass is 290 g/mol. The van der Waals surface area contributed by atoms with Crippen LogP contribution in [0.5, 0.6) is 0 Å². The molecule has 1 aliphatic rings. The predicted molar refractivity (Wildman–Crippen MR) is 79.6 cm³/mol. The second kappa shape index (κ2) is 7.22. The summed E-state index contributed by atoms with van der Waals surface area (Å²) in [5.74, 6) is -1.60. The third-order valence-electron chi connectivity index (χ3n) is 4.05. The first-order chi connectivity index (χ1) is 10.1. The first-order valence-electron chi connectivity index (χ1n) is 7.40. The first kappa shape index (κ1) is 15.5. The zero-order valence-corrected chi connectivity index (χ0v) is 12.0. The van der Waals surface area contributed by atoms with Crippen LogP contribution < -0.4 is 11.1 Å².